The van der Waals surface area contributed by atoms with E-state index in [0.29, 0.717) is 18.8 Å². The number of thiophene rings is 1. The maximum absolute atomic E-state index is 11.8. The standard InChI is InChI=1S/C19H22N4O2S/c1-13-21-18(23(2)10-8-17(25)20-9-11-24)15-12-16(26-19(15)22-13)14-6-4-3-5-7-14/h3-7,12,24H,8-11H2,1-2H3,(H,20,25). The van der Waals surface area contributed by atoms with E-state index in [0.717, 1.165) is 26.5 Å². The molecule has 0 unspecified atom stereocenters. The Kier molecular flexibility index (Phi) is 5.80. The molecule has 136 valence electrons. The zero-order valence-corrected chi connectivity index (χ0v) is 15.7. The van der Waals surface area contributed by atoms with Crippen molar-refractivity contribution in [2.45, 2.75) is 13.3 Å². The first-order valence-electron chi connectivity index (χ1n) is 8.51. The van der Waals surface area contributed by atoms with E-state index in [4.69, 9.17) is 5.11 Å². The van der Waals surface area contributed by atoms with Crippen LogP contribution in [0.2, 0.25) is 0 Å². The fraction of sp³-hybridized carbons (Fsp3) is 0.316. The van der Waals surface area contributed by atoms with Crippen LogP contribution in [0, 0.1) is 6.92 Å². The van der Waals surface area contributed by atoms with Gasteiger partial charge in [-0.25, -0.2) is 9.97 Å². The second-order valence-corrected chi connectivity index (χ2v) is 7.07. The van der Waals surface area contributed by atoms with Crippen molar-refractivity contribution in [1.82, 2.24) is 15.3 Å². The van der Waals surface area contributed by atoms with Crippen LogP contribution in [0.3, 0.4) is 0 Å². The highest BCUT2D eigenvalue weighted by atomic mass is 32.1. The Balaban J connectivity index is 1.85. The molecule has 0 bridgehead atoms. The minimum absolute atomic E-state index is 0.0511. The number of benzene rings is 1. The molecular weight excluding hydrogens is 348 g/mol. The Morgan fingerprint density at radius 3 is 2.77 bits per heavy atom. The third-order valence-electron chi connectivity index (χ3n) is 4.01. The van der Waals surface area contributed by atoms with Crippen LogP contribution in [0.15, 0.2) is 36.4 Å². The number of hydrogen-bond donors (Lipinski definition) is 2. The summed E-state index contributed by atoms with van der Waals surface area (Å²) in [5.74, 6) is 1.47. The number of nitrogens with zero attached hydrogens (tertiary/aromatic N) is 3. The van der Waals surface area contributed by atoms with Crippen molar-refractivity contribution in [3.8, 4) is 10.4 Å². The lowest BCUT2D eigenvalue weighted by Gasteiger charge is -2.19. The summed E-state index contributed by atoms with van der Waals surface area (Å²) in [6, 6.07) is 12.3. The van der Waals surface area contributed by atoms with Crippen molar-refractivity contribution in [3.63, 3.8) is 0 Å². The summed E-state index contributed by atoms with van der Waals surface area (Å²) in [6.07, 6.45) is 0.344. The summed E-state index contributed by atoms with van der Waals surface area (Å²) >= 11 is 1.65. The third kappa shape index (κ3) is 4.17. The number of aromatic nitrogens is 2. The van der Waals surface area contributed by atoms with Gasteiger partial charge < -0.3 is 15.3 Å². The van der Waals surface area contributed by atoms with Crippen molar-refractivity contribution in [2.24, 2.45) is 0 Å². The molecule has 0 atom stereocenters. The van der Waals surface area contributed by atoms with Gasteiger partial charge in [0.1, 0.15) is 16.5 Å². The van der Waals surface area contributed by atoms with Gasteiger partial charge in [-0.15, -0.1) is 11.3 Å². The normalized spacial score (nSPS) is 10.9. The van der Waals surface area contributed by atoms with Gasteiger partial charge >= 0.3 is 0 Å². The molecular formula is C19H22N4O2S. The highest BCUT2D eigenvalue weighted by molar-refractivity contribution is 7.21. The van der Waals surface area contributed by atoms with Crippen LogP contribution in [-0.4, -0.2) is 47.7 Å². The van der Waals surface area contributed by atoms with Gasteiger partial charge in [-0.05, 0) is 18.6 Å². The number of fused-ring (bicyclic) bond motifs is 1. The first kappa shape index (κ1) is 18.3. The lowest BCUT2D eigenvalue weighted by Crippen LogP contribution is -2.30. The molecule has 2 N–H and O–H groups in total. The Morgan fingerprint density at radius 1 is 1.27 bits per heavy atom. The molecule has 1 aromatic carbocycles. The Morgan fingerprint density at radius 2 is 2.04 bits per heavy atom. The summed E-state index contributed by atoms with van der Waals surface area (Å²) in [4.78, 5) is 25.0. The maximum Gasteiger partial charge on any atom is 0.221 e. The Labute approximate surface area is 156 Å². The van der Waals surface area contributed by atoms with Crippen molar-refractivity contribution in [1.29, 1.82) is 0 Å². The van der Waals surface area contributed by atoms with Crippen LogP contribution in [0.5, 0.6) is 0 Å². The average Bonchev–Trinajstić information content (AvgIpc) is 3.08. The SMILES string of the molecule is Cc1nc(N(C)CCC(=O)NCCO)c2cc(-c3ccccc3)sc2n1. The van der Waals surface area contributed by atoms with Crippen molar-refractivity contribution >= 4 is 33.3 Å². The van der Waals surface area contributed by atoms with E-state index in [2.05, 4.69) is 33.5 Å². The first-order valence-corrected chi connectivity index (χ1v) is 9.32. The van der Waals surface area contributed by atoms with Crippen LogP contribution in [0.4, 0.5) is 5.82 Å². The van der Waals surface area contributed by atoms with Gasteiger partial charge in [0.05, 0.1) is 12.0 Å². The summed E-state index contributed by atoms with van der Waals surface area (Å²) in [6.45, 7) is 2.65. The largest absolute Gasteiger partial charge is 0.395 e. The number of anilines is 1. The van der Waals surface area contributed by atoms with Gasteiger partial charge in [-0.2, -0.15) is 0 Å². The van der Waals surface area contributed by atoms with Gasteiger partial charge in [-0.3, -0.25) is 4.79 Å². The number of rotatable bonds is 7. The molecule has 0 saturated heterocycles. The van der Waals surface area contributed by atoms with E-state index in [1.165, 1.54) is 0 Å². The molecule has 0 aliphatic heterocycles. The number of aliphatic hydroxyl groups excluding tert-OH is 1. The van der Waals surface area contributed by atoms with Crippen molar-refractivity contribution in [2.75, 3.05) is 31.6 Å². The minimum Gasteiger partial charge on any atom is -0.395 e. The van der Waals surface area contributed by atoms with E-state index >= 15 is 0 Å². The van der Waals surface area contributed by atoms with Crippen LogP contribution >= 0.6 is 11.3 Å². The molecule has 2 aromatic heterocycles. The average molecular weight is 370 g/mol. The first-order chi connectivity index (χ1) is 12.6. The fourth-order valence-electron chi connectivity index (χ4n) is 2.70. The third-order valence-corrected chi connectivity index (χ3v) is 5.09. The smallest absolute Gasteiger partial charge is 0.221 e. The van der Waals surface area contributed by atoms with Gasteiger partial charge in [0.2, 0.25) is 5.91 Å². The maximum atomic E-state index is 11.8. The zero-order chi connectivity index (χ0) is 18.5. The van der Waals surface area contributed by atoms with Crippen LogP contribution in [-0.2, 0) is 4.79 Å². The quantitative estimate of drug-likeness (QED) is 0.668. The van der Waals surface area contributed by atoms with Gasteiger partial charge in [0.25, 0.3) is 0 Å². The molecule has 3 rings (SSSR count). The molecule has 0 fully saturated rings. The molecule has 26 heavy (non-hydrogen) atoms. The molecule has 7 heteroatoms. The van der Waals surface area contributed by atoms with Crippen LogP contribution in [0.25, 0.3) is 20.7 Å². The highest BCUT2D eigenvalue weighted by Crippen LogP contribution is 2.36. The van der Waals surface area contributed by atoms with E-state index < -0.39 is 0 Å². The predicted molar refractivity (Wildman–Crippen MR) is 106 cm³/mol. The molecule has 2 heterocycles. The van der Waals surface area contributed by atoms with E-state index in [9.17, 15) is 4.79 Å². The predicted octanol–water partition coefficient (Wildman–Crippen LogP) is 2.60. The molecule has 0 radical (unpaired) electrons. The fourth-order valence-corrected chi connectivity index (χ4v) is 3.78. The number of hydrogen-bond acceptors (Lipinski definition) is 6. The number of carbonyl (C=O) groups excluding carboxylic acids is 1. The van der Waals surface area contributed by atoms with E-state index in [1.807, 2.05) is 37.1 Å². The van der Waals surface area contributed by atoms with Crippen LogP contribution in [0.1, 0.15) is 12.2 Å². The topological polar surface area (TPSA) is 78.4 Å². The Bertz CT molecular complexity index is 895. The molecule has 0 spiro atoms. The van der Waals surface area contributed by atoms with Crippen molar-refractivity contribution < 1.29 is 9.90 Å². The monoisotopic (exact) mass is 370 g/mol. The summed E-state index contributed by atoms with van der Waals surface area (Å²) in [5, 5.41) is 12.4. The number of aryl methyl sites for hydroxylation is 1. The van der Waals surface area contributed by atoms with E-state index in [-0.39, 0.29) is 19.1 Å². The zero-order valence-electron chi connectivity index (χ0n) is 14.9. The van der Waals surface area contributed by atoms with Crippen molar-refractivity contribution in [3.05, 3.63) is 42.2 Å². The number of amides is 1. The van der Waals surface area contributed by atoms with Gasteiger partial charge in [0.15, 0.2) is 0 Å². The molecule has 6 nitrogen and oxygen atoms in total. The molecule has 0 aliphatic carbocycles. The molecule has 1 amide bonds. The second-order valence-electron chi connectivity index (χ2n) is 6.04. The molecule has 0 aliphatic rings. The second kappa shape index (κ2) is 8.25. The molecule has 0 saturated carbocycles. The lowest BCUT2D eigenvalue weighted by atomic mass is 10.2. The number of carbonyl (C=O) groups is 1. The van der Waals surface area contributed by atoms with Gasteiger partial charge in [0, 0.05) is 31.4 Å². The lowest BCUT2D eigenvalue weighted by molar-refractivity contribution is -0.121. The van der Waals surface area contributed by atoms with E-state index in [1.54, 1.807) is 11.3 Å². The van der Waals surface area contributed by atoms with Crippen LogP contribution < -0.4 is 10.2 Å². The minimum atomic E-state index is -0.0804. The number of aliphatic hydroxyl groups is 1. The number of nitrogens with one attached hydrogen (secondary N) is 1. The summed E-state index contributed by atoms with van der Waals surface area (Å²) in [5.41, 5.74) is 1.16. The summed E-state index contributed by atoms with van der Waals surface area (Å²) in [7, 11) is 1.93. The summed E-state index contributed by atoms with van der Waals surface area (Å²) < 4.78 is 0. The molecule has 3 aromatic rings. The van der Waals surface area contributed by atoms with Gasteiger partial charge in [-0.1, -0.05) is 30.3 Å². The Hall–Kier alpha value is -2.51. The highest BCUT2D eigenvalue weighted by Gasteiger charge is 2.15.